The minimum atomic E-state index is 0.702. The Bertz CT molecular complexity index is 426. The Morgan fingerprint density at radius 1 is 1.35 bits per heavy atom. The zero-order valence-corrected chi connectivity index (χ0v) is 12.8. The number of likely N-dealkylation sites (tertiary alicyclic amines) is 1. The highest BCUT2D eigenvalue weighted by Crippen LogP contribution is 2.37. The Balaban J connectivity index is 1.49. The fourth-order valence-electron chi connectivity index (χ4n) is 3.59. The van der Waals surface area contributed by atoms with Crippen LogP contribution in [0.2, 0.25) is 0 Å². The maximum absolute atomic E-state index is 4.64. The van der Waals surface area contributed by atoms with Crippen LogP contribution in [-0.2, 0) is 13.1 Å². The van der Waals surface area contributed by atoms with Crippen LogP contribution in [0.5, 0.6) is 0 Å². The first-order valence-electron chi connectivity index (χ1n) is 8.09. The SMILES string of the molecule is CC(C)CNCc1ccc(CN2CC3CCC2C3)nc1. The molecule has 1 saturated carbocycles. The third-order valence-electron chi connectivity index (χ3n) is 4.66. The number of nitrogens with one attached hydrogen (secondary N) is 1. The Morgan fingerprint density at radius 3 is 2.85 bits per heavy atom. The van der Waals surface area contributed by atoms with E-state index in [4.69, 9.17) is 0 Å². The number of aromatic nitrogens is 1. The number of nitrogens with zero attached hydrogens (tertiary/aromatic N) is 2. The molecule has 2 heterocycles. The third-order valence-corrected chi connectivity index (χ3v) is 4.66. The second-order valence-corrected chi connectivity index (χ2v) is 6.94. The topological polar surface area (TPSA) is 28.2 Å². The smallest absolute Gasteiger partial charge is 0.0544 e. The Morgan fingerprint density at radius 2 is 2.25 bits per heavy atom. The molecule has 2 aliphatic rings. The first-order chi connectivity index (χ1) is 9.70. The van der Waals surface area contributed by atoms with Crippen molar-refractivity contribution in [3.63, 3.8) is 0 Å². The predicted octanol–water partition coefficient (Wildman–Crippen LogP) is 2.81. The Labute approximate surface area is 122 Å². The molecule has 2 atom stereocenters. The molecule has 1 aromatic heterocycles. The molecule has 3 nitrogen and oxygen atoms in total. The van der Waals surface area contributed by atoms with Gasteiger partial charge in [0.1, 0.15) is 0 Å². The van der Waals surface area contributed by atoms with Crippen LogP contribution in [0.25, 0.3) is 0 Å². The molecule has 1 aliphatic carbocycles. The van der Waals surface area contributed by atoms with Gasteiger partial charge in [-0.2, -0.15) is 0 Å². The normalized spacial score (nSPS) is 25.8. The molecule has 0 amide bonds. The molecule has 3 rings (SSSR count). The second-order valence-electron chi connectivity index (χ2n) is 6.94. The lowest BCUT2D eigenvalue weighted by atomic mass is 10.1. The van der Waals surface area contributed by atoms with Crippen molar-refractivity contribution in [3.8, 4) is 0 Å². The molecule has 1 aromatic rings. The van der Waals surface area contributed by atoms with Crippen LogP contribution in [0.3, 0.4) is 0 Å². The van der Waals surface area contributed by atoms with E-state index >= 15 is 0 Å². The molecule has 0 spiro atoms. The van der Waals surface area contributed by atoms with Crippen LogP contribution in [0.15, 0.2) is 18.3 Å². The van der Waals surface area contributed by atoms with Crippen LogP contribution < -0.4 is 5.32 Å². The highest BCUT2D eigenvalue weighted by atomic mass is 15.2. The van der Waals surface area contributed by atoms with E-state index in [0.717, 1.165) is 31.6 Å². The molecule has 2 fully saturated rings. The summed E-state index contributed by atoms with van der Waals surface area (Å²) in [4.78, 5) is 7.27. The summed E-state index contributed by atoms with van der Waals surface area (Å²) in [6.45, 7) is 8.81. The molecule has 1 N–H and O–H groups in total. The number of piperidine rings is 1. The van der Waals surface area contributed by atoms with Crippen molar-refractivity contribution in [1.82, 2.24) is 15.2 Å². The van der Waals surface area contributed by atoms with E-state index in [2.05, 4.69) is 41.2 Å². The molecule has 2 unspecified atom stereocenters. The minimum absolute atomic E-state index is 0.702. The van der Waals surface area contributed by atoms with Crippen molar-refractivity contribution in [1.29, 1.82) is 0 Å². The van der Waals surface area contributed by atoms with Crippen LogP contribution >= 0.6 is 0 Å². The number of hydrogen-bond acceptors (Lipinski definition) is 3. The zero-order chi connectivity index (χ0) is 13.9. The van der Waals surface area contributed by atoms with Crippen molar-refractivity contribution >= 4 is 0 Å². The van der Waals surface area contributed by atoms with Gasteiger partial charge in [0.25, 0.3) is 0 Å². The maximum atomic E-state index is 4.64. The van der Waals surface area contributed by atoms with Gasteiger partial charge in [0.05, 0.1) is 5.69 Å². The first-order valence-corrected chi connectivity index (χ1v) is 8.09. The van der Waals surface area contributed by atoms with Crippen LogP contribution in [0.4, 0.5) is 0 Å². The van der Waals surface area contributed by atoms with Crippen molar-refractivity contribution < 1.29 is 0 Å². The third kappa shape index (κ3) is 3.39. The van der Waals surface area contributed by atoms with Crippen molar-refractivity contribution in [2.24, 2.45) is 11.8 Å². The van der Waals surface area contributed by atoms with Gasteiger partial charge in [-0.3, -0.25) is 9.88 Å². The number of pyridine rings is 1. The van der Waals surface area contributed by atoms with E-state index in [-0.39, 0.29) is 0 Å². The lowest BCUT2D eigenvalue weighted by molar-refractivity contribution is 0.203. The highest BCUT2D eigenvalue weighted by Gasteiger charge is 2.37. The number of fused-ring (bicyclic) bond motifs is 2. The van der Waals surface area contributed by atoms with Gasteiger partial charge in [0.2, 0.25) is 0 Å². The molecule has 0 radical (unpaired) electrons. The summed E-state index contributed by atoms with van der Waals surface area (Å²) in [6, 6.07) is 5.27. The summed E-state index contributed by atoms with van der Waals surface area (Å²) in [5, 5.41) is 3.47. The lowest BCUT2D eigenvalue weighted by Crippen LogP contribution is -2.31. The van der Waals surface area contributed by atoms with Gasteiger partial charge in [0, 0.05) is 31.9 Å². The zero-order valence-electron chi connectivity index (χ0n) is 12.8. The van der Waals surface area contributed by atoms with E-state index in [1.54, 1.807) is 0 Å². The standard InChI is InChI=1S/C17H27N3/c1-13(2)8-18-9-15-3-5-16(19-10-15)12-20-11-14-4-6-17(20)7-14/h3,5,10,13-14,17-18H,4,6-9,11-12H2,1-2H3. The van der Waals surface area contributed by atoms with Gasteiger partial charge in [-0.25, -0.2) is 0 Å². The van der Waals surface area contributed by atoms with Gasteiger partial charge < -0.3 is 5.32 Å². The van der Waals surface area contributed by atoms with Crippen LogP contribution in [0, 0.1) is 11.8 Å². The molecule has 0 aromatic carbocycles. The number of rotatable bonds is 6. The first kappa shape index (κ1) is 14.0. The minimum Gasteiger partial charge on any atom is -0.312 e. The molecule has 3 heteroatoms. The molecular weight excluding hydrogens is 246 g/mol. The van der Waals surface area contributed by atoms with Crippen LogP contribution in [-0.4, -0.2) is 29.0 Å². The van der Waals surface area contributed by atoms with Crippen LogP contribution in [0.1, 0.15) is 44.4 Å². The lowest BCUT2D eigenvalue weighted by Gasteiger charge is -2.26. The largest absolute Gasteiger partial charge is 0.312 e. The fraction of sp³-hybridized carbons (Fsp3) is 0.706. The van der Waals surface area contributed by atoms with Crippen molar-refractivity contribution in [3.05, 3.63) is 29.6 Å². The molecule has 1 aliphatic heterocycles. The van der Waals surface area contributed by atoms with E-state index in [1.807, 2.05) is 6.20 Å². The monoisotopic (exact) mass is 273 g/mol. The predicted molar refractivity (Wildman–Crippen MR) is 82.3 cm³/mol. The van der Waals surface area contributed by atoms with E-state index in [9.17, 15) is 0 Å². The Kier molecular flexibility index (Phi) is 4.37. The number of hydrogen-bond donors (Lipinski definition) is 1. The van der Waals surface area contributed by atoms with Gasteiger partial charge in [-0.15, -0.1) is 0 Å². The van der Waals surface area contributed by atoms with Gasteiger partial charge in [-0.1, -0.05) is 19.9 Å². The molecule has 20 heavy (non-hydrogen) atoms. The summed E-state index contributed by atoms with van der Waals surface area (Å²) in [6.07, 6.45) is 6.32. The fourth-order valence-corrected chi connectivity index (χ4v) is 3.59. The molecular formula is C17H27N3. The summed E-state index contributed by atoms with van der Waals surface area (Å²) >= 11 is 0. The quantitative estimate of drug-likeness (QED) is 0.864. The summed E-state index contributed by atoms with van der Waals surface area (Å²) < 4.78 is 0. The molecule has 2 bridgehead atoms. The summed E-state index contributed by atoms with van der Waals surface area (Å²) in [5.41, 5.74) is 2.52. The van der Waals surface area contributed by atoms with E-state index in [1.165, 1.54) is 37.1 Å². The molecule has 110 valence electrons. The second kappa shape index (κ2) is 6.23. The van der Waals surface area contributed by atoms with Crippen molar-refractivity contribution in [2.45, 2.75) is 52.2 Å². The van der Waals surface area contributed by atoms with E-state index < -0.39 is 0 Å². The molecule has 1 saturated heterocycles. The van der Waals surface area contributed by atoms with Gasteiger partial charge >= 0.3 is 0 Å². The van der Waals surface area contributed by atoms with E-state index in [0.29, 0.717) is 5.92 Å². The van der Waals surface area contributed by atoms with Gasteiger partial charge in [-0.05, 0) is 49.3 Å². The van der Waals surface area contributed by atoms with Crippen molar-refractivity contribution in [2.75, 3.05) is 13.1 Å². The average Bonchev–Trinajstić information content (AvgIpc) is 3.03. The summed E-state index contributed by atoms with van der Waals surface area (Å²) in [7, 11) is 0. The van der Waals surface area contributed by atoms with Gasteiger partial charge in [0.15, 0.2) is 0 Å². The Hall–Kier alpha value is -0.930. The average molecular weight is 273 g/mol. The summed E-state index contributed by atoms with van der Waals surface area (Å²) in [5.74, 6) is 1.67. The highest BCUT2D eigenvalue weighted by molar-refractivity contribution is 5.14. The maximum Gasteiger partial charge on any atom is 0.0544 e.